The van der Waals surface area contributed by atoms with E-state index in [1.807, 2.05) is 6.07 Å². The monoisotopic (exact) mass is 247 g/mol. The molecule has 0 aliphatic carbocycles. The van der Waals surface area contributed by atoms with Crippen molar-refractivity contribution in [1.82, 2.24) is 15.2 Å². The molecule has 18 heavy (non-hydrogen) atoms. The van der Waals surface area contributed by atoms with Crippen LogP contribution >= 0.6 is 0 Å². The summed E-state index contributed by atoms with van der Waals surface area (Å²) in [5, 5.41) is 2.89. The van der Waals surface area contributed by atoms with Gasteiger partial charge in [0, 0.05) is 25.8 Å². The van der Waals surface area contributed by atoms with Gasteiger partial charge >= 0.3 is 0 Å². The zero-order valence-corrected chi connectivity index (χ0v) is 10.2. The highest BCUT2D eigenvalue weighted by atomic mass is 16.2. The number of nitrogens with zero attached hydrogens (tertiary/aromatic N) is 1. The van der Waals surface area contributed by atoms with Crippen molar-refractivity contribution in [2.75, 3.05) is 19.6 Å². The molecule has 0 radical (unpaired) electrons. The van der Waals surface area contributed by atoms with E-state index >= 15 is 0 Å². The van der Waals surface area contributed by atoms with Crippen LogP contribution in [0.3, 0.4) is 0 Å². The Balaban J connectivity index is 1.78. The van der Waals surface area contributed by atoms with Crippen molar-refractivity contribution in [1.29, 1.82) is 0 Å². The van der Waals surface area contributed by atoms with E-state index in [0.717, 1.165) is 32.4 Å². The van der Waals surface area contributed by atoms with E-state index in [0.29, 0.717) is 12.2 Å². The highest BCUT2D eigenvalue weighted by Gasteiger charge is 2.46. The molecule has 1 spiro atoms. The molecule has 2 N–H and O–H groups in total. The minimum atomic E-state index is -0.333. The van der Waals surface area contributed by atoms with E-state index in [-0.39, 0.29) is 17.2 Å². The largest absolute Gasteiger partial charge is 0.357 e. The molecule has 3 rings (SSSR count). The van der Waals surface area contributed by atoms with Gasteiger partial charge < -0.3 is 15.2 Å². The number of rotatable bonds is 1. The third-order valence-corrected chi connectivity index (χ3v) is 4.06. The Kier molecular flexibility index (Phi) is 2.61. The minimum absolute atomic E-state index is 0.00113. The second-order valence-electron chi connectivity index (χ2n) is 5.20. The van der Waals surface area contributed by atoms with Crippen LogP contribution in [-0.2, 0) is 4.79 Å². The van der Waals surface area contributed by atoms with Crippen LogP contribution in [-0.4, -0.2) is 41.3 Å². The summed E-state index contributed by atoms with van der Waals surface area (Å²) in [5.41, 5.74) is 0.269. The molecule has 2 aliphatic heterocycles. The summed E-state index contributed by atoms with van der Waals surface area (Å²) in [4.78, 5) is 29.0. The number of hydrogen-bond donors (Lipinski definition) is 2. The Labute approximate surface area is 106 Å². The van der Waals surface area contributed by atoms with Crippen molar-refractivity contribution in [3.63, 3.8) is 0 Å². The third-order valence-electron chi connectivity index (χ3n) is 4.06. The van der Waals surface area contributed by atoms with Gasteiger partial charge in [-0.15, -0.1) is 0 Å². The number of hydrogen-bond acceptors (Lipinski definition) is 2. The SMILES string of the molecule is O=C(c1ccc[nH]1)N1CCCC2(CCNC2=O)C1. The van der Waals surface area contributed by atoms with Gasteiger partial charge in [-0.25, -0.2) is 0 Å². The molecular weight excluding hydrogens is 230 g/mol. The lowest BCUT2D eigenvalue weighted by atomic mass is 9.78. The first kappa shape index (κ1) is 11.3. The average Bonchev–Trinajstić information content (AvgIpc) is 3.01. The van der Waals surface area contributed by atoms with Gasteiger partial charge in [-0.1, -0.05) is 0 Å². The second kappa shape index (κ2) is 4.15. The van der Waals surface area contributed by atoms with Crippen LogP contribution in [0, 0.1) is 5.41 Å². The summed E-state index contributed by atoms with van der Waals surface area (Å²) in [7, 11) is 0. The average molecular weight is 247 g/mol. The van der Waals surface area contributed by atoms with Crippen molar-refractivity contribution in [3.8, 4) is 0 Å². The van der Waals surface area contributed by atoms with Crippen LogP contribution in [0.2, 0.25) is 0 Å². The number of nitrogens with one attached hydrogen (secondary N) is 2. The molecule has 1 atom stereocenters. The van der Waals surface area contributed by atoms with Gasteiger partial charge in [-0.3, -0.25) is 9.59 Å². The molecule has 96 valence electrons. The van der Waals surface area contributed by atoms with Crippen molar-refractivity contribution >= 4 is 11.8 Å². The molecule has 0 bridgehead atoms. The van der Waals surface area contributed by atoms with E-state index in [1.54, 1.807) is 17.2 Å². The van der Waals surface area contributed by atoms with Gasteiger partial charge in [0.1, 0.15) is 5.69 Å². The maximum absolute atomic E-state index is 12.3. The van der Waals surface area contributed by atoms with Crippen LogP contribution in [0.4, 0.5) is 0 Å². The molecular formula is C13H17N3O2. The summed E-state index contributed by atoms with van der Waals surface area (Å²) in [6, 6.07) is 3.59. The highest BCUT2D eigenvalue weighted by molar-refractivity contribution is 5.93. The molecule has 3 heterocycles. The molecule has 1 unspecified atom stereocenters. The van der Waals surface area contributed by atoms with E-state index in [9.17, 15) is 9.59 Å². The number of amides is 2. The maximum Gasteiger partial charge on any atom is 0.270 e. The normalized spacial score (nSPS) is 27.6. The quantitative estimate of drug-likeness (QED) is 0.769. The fraction of sp³-hybridized carbons (Fsp3) is 0.538. The molecule has 0 aromatic carbocycles. The predicted octanol–water partition coefficient (Wildman–Crippen LogP) is 0.757. The maximum atomic E-state index is 12.3. The molecule has 2 amide bonds. The molecule has 0 saturated carbocycles. The number of H-pyrrole nitrogens is 1. The topological polar surface area (TPSA) is 65.2 Å². The second-order valence-corrected chi connectivity index (χ2v) is 5.20. The van der Waals surface area contributed by atoms with Crippen molar-refractivity contribution in [2.45, 2.75) is 19.3 Å². The first-order valence-corrected chi connectivity index (χ1v) is 6.42. The van der Waals surface area contributed by atoms with Crippen LogP contribution in [0.25, 0.3) is 0 Å². The lowest BCUT2D eigenvalue weighted by Gasteiger charge is -2.38. The van der Waals surface area contributed by atoms with Gasteiger partial charge in [0.15, 0.2) is 0 Å². The van der Waals surface area contributed by atoms with Crippen LogP contribution in [0.5, 0.6) is 0 Å². The Morgan fingerprint density at radius 3 is 2.94 bits per heavy atom. The van der Waals surface area contributed by atoms with Crippen LogP contribution < -0.4 is 5.32 Å². The third kappa shape index (κ3) is 1.70. The standard InChI is InChI=1S/C13H17N3O2/c17-11(10-3-1-6-14-10)16-8-2-4-13(9-16)5-7-15-12(13)18/h1,3,6,14H,2,4-5,7-9H2,(H,15,18). The summed E-state index contributed by atoms with van der Waals surface area (Å²) in [5.74, 6) is 0.116. The fourth-order valence-electron chi connectivity index (χ4n) is 3.04. The van der Waals surface area contributed by atoms with E-state index < -0.39 is 0 Å². The summed E-state index contributed by atoms with van der Waals surface area (Å²) >= 11 is 0. The molecule has 2 saturated heterocycles. The molecule has 5 heteroatoms. The number of carbonyl (C=O) groups is 2. The Bertz CT molecular complexity index is 469. The predicted molar refractivity (Wildman–Crippen MR) is 66.0 cm³/mol. The van der Waals surface area contributed by atoms with Gasteiger partial charge in [-0.2, -0.15) is 0 Å². The lowest BCUT2D eigenvalue weighted by molar-refractivity contribution is -0.129. The van der Waals surface area contributed by atoms with E-state index in [1.165, 1.54) is 0 Å². The number of likely N-dealkylation sites (tertiary alicyclic amines) is 1. The smallest absolute Gasteiger partial charge is 0.270 e. The molecule has 5 nitrogen and oxygen atoms in total. The van der Waals surface area contributed by atoms with Crippen molar-refractivity contribution in [3.05, 3.63) is 24.0 Å². The van der Waals surface area contributed by atoms with Gasteiger partial charge in [0.25, 0.3) is 5.91 Å². The van der Waals surface area contributed by atoms with Gasteiger partial charge in [0.05, 0.1) is 5.41 Å². The Hall–Kier alpha value is -1.78. The molecule has 2 fully saturated rings. The first-order valence-electron chi connectivity index (χ1n) is 6.42. The molecule has 1 aromatic rings. The Morgan fingerprint density at radius 1 is 1.39 bits per heavy atom. The molecule has 2 aliphatic rings. The summed E-state index contributed by atoms with van der Waals surface area (Å²) in [6.07, 6.45) is 4.39. The van der Waals surface area contributed by atoms with Crippen molar-refractivity contribution in [2.24, 2.45) is 5.41 Å². The van der Waals surface area contributed by atoms with Gasteiger partial charge in [-0.05, 0) is 31.4 Å². The van der Waals surface area contributed by atoms with Crippen molar-refractivity contribution < 1.29 is 9.59 Å². The van der Waals surface area contributed by atoms with Crippen LogP contribution in [0.15, 0.2) is 18.3 Å². The summed E-state index contributed by atoms with van der Waals surface area (Å²) in [6.45, 7) is 2.03. The lowest BCUT2D eigenvalue weighted by Crippen LogP contribution is -2.49. The minimum Gasteiger partial charge on any atom is -0.357 e. The zero-order valence-electron chi connectivity index (χ0n) is 10.2. The fourth-order valence-corrected chi connectivity index (χ4v) is 3.04. The van der Waals surface area contributed by atoms with Gasteiger partial charge in [0.2, 0.25) is 5.91 Å². The van der Waals surface area contributed by atoms with E-state index in [4.69, 9.17) is 0 Å². The molecule has 1 aromatic heterocycles. The highest BCUT2D eigenvalue weighted by Crippen LogP contribution is 2.36. The van der Waals surface area contributed by atoms with Crippen LogP contribution in [0.1, 0.15) is 29.8 Å². The number of carbonyl (C=O) groups excluding carboxylic acids is 2. The number of piperidine rings is 1. The number of aromatic nitrogens is 1. The summed E-state index contributed by atoms with van der Waals surface area (Å²) < 4.78 is 0. The first-order chi connectivity index (χ1) is 8.71. The zero-order chi connectivity index (χ0) is 12.6. The number of aromatic amines is 1. The van der Waals surface area contributed by atoms with E-state index in [2.05, 4.69) is 10.3 Å². The Morgan fingerprint density at radius 2 is 2.28 bits per heavy atom.